The van der Waals surface area contributed by atoms with Crippen LogP contribution >= 0.6 is 22.7 Å². The summed E-state index contributed by atoms with van der Waals surface area (Å²) in [6.07, 6.45) is 10.5. The first kappa shape index (κ1) is 28.5. The molecular formula is C44H24N4OS2. The van der Waals surface area contributed by atoms with E-state index in [0.29, 0.717) is 0 Å². The van der Waals surface area contributed by atoms with Crippen LogP contribution in [0.4, 0.5) is 0 Å². The molecular weight excluding hydrogens is 665 g/mol. The smallest absolute Gasteiger partial charge is 0.135 e. The second kappa shape index (κ2) is 11.1. The van der Waals surface area contributed by atoms with Crippen molar-refractivity contribution < 1.29 is 4.42 Å². The van der Waals surface area contributed by atoms with Gasteiger partial charge in [-0.2, -0.15) is 0 Å². The third-order valence-electron chi connectivity index (χ3n) is 9.79. The van der Waals surface area contributed by atoms with Crippen LogP contribution in [0.3, 0.4) is 0 Å². The number of hydrogen-bond acceptors (Lipinski definition) is 7. The predicted molar refractivity (Wildman–Crippen MR) is 212 cm³/mol. The minimum atomic E-state index is 0.877. The van der Waals surface area contributed by atoms with Gasteiger partial charge in [0.25, 0.3) is 0 Å². The molecule has 0 radical (unpaired) electrons. The van der Waals surface area contributed by atoms with E-state index in [1.165, 1.54) is 51.5 Å². The van der Waals surface area contributed by atoms with E-state index in [4.69, 9.17) is 4.42 Å². The highest BCUT2D eigenvalue weighted by molar-refractivity contribution is 7.26. The number of rotatable bonds is 4. The average molecular weight is 689 g/mol. The minimum absolute atomic E-state index is 0.877. The minimum Gasteiger partial charge on any atom is -0.456 e. The van der Waals surface area contributed by atoms with Crippen LogP contribution in [-0.4, -0.2) is 19.9 Å². The van der Waals surface area contributed by atoms with E-state index in [0.717, 1.165) is 55.6 Å². The molecule has 0 saturated heterocycles. The van der Waals surface area contributed by atoms with E-state index >= 15 is 0 Å². The molecule has 6 aromatic carbocycles. The summed E-state index contributed by atoms with van der Waals surface area (Å²) in [7, 11) is 0. The molecule has 7 heteroatoms. The van der Waals surface area contributed by atoms with Gasteiger partial charge < -0.3 is 4.42 Å². The van der Waals surface area contributed by atoms with Crippen LogP contribution in [0, 0.1) is 0 Å². The fourth-order valence-electron chi connectivity index (χ4n) is 7.27. The van der Waals surface area contributed by atoms with Gasteiger partial charge in [0.1, 0.15) is 11.2 Å². The maximum absolute atomic E-state index is 6.36. The standard InChI is InChI=1S/C44H24N4OS2/c1-7-39-31(17-25(1)27-3-9-41-33(19-27)35-21-29(5-11-43(35)50-41)37-23-45-13-15-47-37)32-18-26(2-8-40(32)49-39)28-4-10-42-34(20-28)36-22-30(6-12-44(36)51-42)38-24-46-14-16-48-38/h1-24H. The van der Waals surface area contributed by atoms with Gasteiger partial charge in [0.2, 0.25) is 0 Å². The van der Waals surface area contributed by atoms with E-state index in [-0.39, 0.29) is 0 Å². The largest absolute Gasteiger partial charge is 0.456 e. The van der Waals surface area contributed by atoms with Crippen LogP contribution in [0.5, 0.6) is 0 Å². The van der Waals surface area contributed by atoms with Gasteiger partial charge in [0.15, 0.2) is 0 Å². The summed E-state index contributed by atoms with van der Waals surface area (Å²) in [4.78, 5) is 17.6. The van der Waals surface area contributed by atoms with Gasteiger partial charge in [-0.05, 0) is 95.1 Å². The normalized spacial score (nSPS) is 11.9. The molecule has 0 N–H and O–H groups in total. The van der Waals surface area contributed by atoms with Crippen molar-refractivity contribution in [2.75, 3.05) is 0 Å². The zero-order valence-corrected chi connectivity index (χ0v) is 28.5. The Bertz CT molecular complexity index is 2930. The number of furan rings is 1. The highest BCUT2D eigenvalue weighted by Gasteiger charge is 2.14. The quantitative estimate of drug-likeness (QED) is 0.184. The highest BCUT2D eigenvalue weighted by atomic mass is 32.1. The third-order valence-corrected chi connectivity index (χ3v) is 12.1. The van der Waals surface area contributed by atoms with Gasteiger partial charge >= 0.3 is 0 Å². The topological polar surface area (TPSA) is 64.7 Å². The molecule has 5 aromatic heterocycles. The number of benzene rings is 6. The van der Waals surface area contributed by atoms with Crippen molar-refractivity contribution in [3.05, 3.63) is 146 Å². The lowest BCUT2D eigenvalue weighted by Crippen LogP contribution is -1.83. The number of nitrogens with zero attached hydrogens (tertiary/aromatic N) is 4. The first-order valence-electron chi connectivity index (χ1n) is 16.6. The Morgan fingerprint density at radius 3 is 1.10 bits per heavy atom. The van der Waals surface area contributed by atoms with E-state index in [9.17, 15) is 0 Å². The summed E-state index contributed by atoms with van der Waals surface area (Å²) in [6.45, 7) is 0. The molecule has 0 aliphatic heterocycles. The Morgan fingerprint density at radius 1 is 0.353 bits per heavy atom. The van der Waals surface area contributed by atoms with Crippen molar-refractivity contribution in [1.29, 1.82) is 0 Å². The summed E-state index contributed by atoms with van der Waals surface area (Å²) in [6, 6.07) is 39.8. The Morgan fingerprint density at radius 2 is 0.706 bits per heavy atom. The second-order valence-corrected chi connectivity index (χ2v) is 14.9. The Labute approximate surface area is 299 Å². The van der Waals surface area contributed by atoms with Gasteiger partial charge in [-0.1, -0.05) is 36.4 Å². The van der Waals surface area contributed by atoms with Gasteiger partial charge in [-0.3, -0.25) is 19.9 Å². The molecule has 5 heterocycles. The molecule has 0 aliphatic carbocycles. The lowest BCUT2D eigenvalue weighted by Gasteiger charge is -2.05. The summed E-state index contributed by atoms with van der Waals surface area (Å²) < 4.78 is 11.4. The number of thiophene rings is 2. The molecule has 0 atom stereocenters. The SMILES string of the molecule is c1cnc(-c2ccc3sc4ccc(-c5ccc6oc7ccc(-c8ccc9sc%10ccc(-c%11cnccn%11)cc%10c9c8)cc7c6c5)cc4c3c2)cn1. The fourth-order valence-corrected chi connectivity index (χ4v) is 9.40. The maximum atomic E-state index is 6.36. The van der Waals surface area contributed by atoms with Crippen molar-refractivity contribution >= 4 is 85.0 Å². The first-order valence-corrected chi connectivity index (χ1v) is 18.3. The van der Waals surface area contributed by atoms with Crippen molar-refractivity contribution in [1.82, 2.24) is 19.9 Å². The molecule has 0 saturated carbocycles. The van der Waals surface area contributed by atoms with Crippen LogP contribution < -0.4 is 0 Å². The number of hydrogen-bond donors (Lipinski definition) is 0. The molecule has 0 aliphatic rings. The summed E-state index contributed by atoms with van der Waals surface area (Å²) in [5.41, 5.74) is 10.3. The average Bonchev–Trinajstić information content (AvgIpc) is 3.88. The Balaban J connectivity index is 1.01. The van der Waals surface area contributed by atoms with E-state index < -0.39 is 0 Å². The third kappa shape index (κ3) is 4.66. The molecule has 0 bridgehead atoms. The van der Waals surface area contributed by atoms with Crippen LogP contribution in [0.2, 0.25) is 0 Å². The highest BCUT2D eigenvalue weighted by Crippen LogP contribution is 2.42. The summed E-state index contributed by atoms with van der Waals surface area (Å²) in [5.74, 6) is 0. The molecule has 11 rings (SSSR count). The number of fused-ring (bicyclic) bond motifs is 9. The van der Waals surface area contributed by atoms with E-state index in [2.05, 4.69) is 129 Å². The number of aromatic nitrogens is 4. The van der Waals surface area contributed by atoms with Crippen LogP contribution in [0.1, 0.15) is 0 Å². The van der Waals surface area contributed by atoms with E-state index in [1.54, 1.807) is 24.8 Å². The molecule has 0 amide bonds. The zero-order valence-electron chi connectivity index (χ0n) is 26.9. The second-order valence-electron chi connectivity index (χ2n) is 12.8. The Kier molecular flexibility index (Phi) is 6.22. The lowest BCUT2D eigenvalue weighted by molar-refractivity contribution is 0.669. The van der Waals surface area contributed by atoms with Crippen molar-refractivity contribution in [3.8, 4) is 44.8 Å². The van der Waals surface area contributed by atoms with Crippen molar-refractivity contribution in [3.63, 3.8) is 0 Å². The molecule has 0 unspecified atom stereocenters. The van der Waals surface area contributed by atoms with E-state index in [1.807, 2.05) is 35.1 Å². The molecule has 51 heavy (non-hydrogen) atoms. The van der Waals surface area contributed by atoms with Crippen LogP contribution in [-0.2, 0) is 0 Å². The molecule has 11 aromatic rings. The molecule has 0 spiro atoms. The molecule has 238 valence electrons. The molecule has 5 nitrogen and oxygen atoms in total. The van der Waals surface area contributed by atoms with Gasteiger partial charge in [0.05, 0.1) is 23.8 Å². The summed E-state index contributed by atoms with van der Waals surface area (Å²) >= 11 is 3.64. The lowest BCUT2D eigenvalue weighted by atomic mass is 9.98. The fraction of sp³-hybridized carbons (Fsp3) is 0. The van der Waals surface area contributed by atoms with Crippen LogP contribution in [0.25, 0.3) is 107 Å². The molecule has 0 fully saturated rings. The predicted octanol–water partition coefficient (Wildman–Crippen LogP) is 12.6. The first-order chi connectivity index (χ1) is 25.2. The van der Waals surface area contributed by atoms with Crippen LogP contribution in [0.15, 0.2) is 151 Å². The Hall–Kier alpha value is -6.28. The monoisotopic (exact) mass is 688 g/mol. The van der Waals surface area contributed by atoms with Gasteiger partial charge in [-0.25, -0.2) is 0 Å². The van der Waals surface area contributed by atoms with Crippen molar-refractivity contribution in [2.24, 2.45) is 0 Å². The van der Waals surface area contributed by atoms with Crippen molar-refractivity contribution in [2.45, 2.75) is 0 Å². The van der Waals surface area contributed by atoms with Gasteiger partial charge in [0, 0.05) is 87.0 Å². The summed E-state index contributed by atoms with van der Waals surface area (Å²) in [5, 5.41) is 7.19. The maximum Gasteiger partial charge on any atom is 0.135 e. The zero-order chi connectivity index (χ0) is 33.5. The van der Waals surface area contributed by atoms with Gasteiger partial charge in [-0.15, -0.1) is 22.7 Å².